The van der Waals surface area contributed by atoms with Gasteiger partial charge in [0.1, 0.15) is 5.75 Å². The van der Waals surface area contributed by atoms with E-state index in [2.05, 4.69) is 19.2 Å². The molecule has 0 bridgehead atoms. The zero-order valence-corrected chi connectivity index (χ0v) is 12.4. The molecular formula is C16H20N2O3. The van der Waals surface area contributed by atoms with E-state index < -0.39 is 5.54 Å². The molecule has 1 N–H and O–H groups in total. The van der Waals surface area contributed by atoms with E-state index in [1.165, 1.54) is 4.90 Å². The SMILES string of the molecule is CC(C)CCN1C(=O)NC2(CCOc3ccccc32)C1=O. The molecule has 2 heterocycles. The van der Waals surface area contributed by atoms with E-state index in [4.69, 9.17) is 4.74 Å². The second-order valence-corrected chi connectivity index (χ2v) is 6.07. The van der Waals surface area contributed by atoms with Crippen molar-refractivity contribution in [2.75, 3.05) is 13.2 Å². The maximum absolute atomic E-state index is 12.9. The van der Waals surface area contributed by atoms with Gasteiger partial charge in [-0.05, 0) is 18.4 Å². The maximum Gasteiger partial charge on any atom is 0.325 e. The molecule has 0 aliphatic carbocycles. The molecule has 112 valence electrons. The summed E-state index contributed by atoms with van der Waals surface area (Å²) in [6, 6.07) is 7.14. The molecule has 1 saturated heterocycles. The van der Waals surface area contributed by atoms with Crippen LogP contribution in [0.1, 0.15) is 32.3 Å². The minimum atomic E-state index is -0.942. The molecule has 1 fully saturated rings. The van der Waals surface area contributed by atoms with Crippen molar-refractivity contribution in [1.29, 1.82) is 0 Å². The number of urea groups is 1. The third-order valence-corrected chi connectivity index (χ3v) is 4.19. The minimum absolute atomic E-state index is 0.149. The molecule has 5 heteroatoms. The summed E-state index contributed by atoms with van der Waals surface area (Å²) in [5, 5.41) is 2.91. The zero-order valence-electron chi connectivity index (χ0n) is 12.4. The van der Waals surface area contributed by atoms with Crippen LogP contribution >= 0.6 is 0 Å². The summed E-state index contributed by atoms with van der Waals surface area (Å²) in [6.07, 6.45) is 1.29. The molecule has 0 radical (unpaired) electrons. The molecule has 1 atom stereocenters. The van der Waals surface area contributed by atoms with Gasteiger partial charge in [0.25, 0.3) is 5.91 Å². The van der Waals surface area contributed by atoms with Gasteiger partial charge in [0.2, 0.25) is 0 Å². The first-order valence-corrected chi connectivity index (χ1v) is 7.41. The quantitative estimate of drug-likeness (QED) is 0.868. The van der Waals surface area contributed by atoms with E-state index in [1.807, 2.05) is 24.3 Å². The normalized spacial score (nSPS) is 24.2. The van der Waals surface area contributed by atoms with Crippen LogP contribution in [0.15, 0.2) is 24.3 Å². The van der Waals surface area contributed by atoms with Gasteiger partial charge in [-0.2, -0.15) is 0 Å². The highest BCUT2D eigenvalue weighted by Crippen LogP contribution is 2.40. The van der Waals surface area contributed by atoms with Crippen molar-refractivity contribution in [3.05, 3.63) is 29.8 Å². The highest BCUT2D eigenvalue weighted by Gasteiger charge is 2.54. The summed E-state index contributed by atoms with van der Waals surface area (Å²) >= 11 is 0. The van der Waals surface area contributed by atoms with E-state index >= 15 is 0 Å². The van der Waals surface area contributed by atoms with Gasteiger partial charge in [-0.1, -0.05) is 32.0 Å². The van der Waals surface area contributed by atoms with Gasteiger partial charge in [-0.3, -0.25) is 9.69 Å². The topological polar surface area (TPSA) is 58.6 Å². The van der Waals surface area contributed by atoms with E-state index in [0.29, 0.717) is 31.2 Å². The molecule has 0 saturated carbocycles. The van der Waals surface area contributed by atoms with Crippen molar-refractivity contribution in [3.8, 4) is 5.75 Å². The van der Waals surface area contributed by atoms with Crippen LogP contribution < -0.4 is 10.1 Å². The predicted molar refractivity (Wildman–Crippen MR) is 77.9 cm³/mol. The Hall–Kier alpha value is -2.04. The Labute approximate surface area is 124 Å². The first-order valence-electron chi connectivity index (χ1n) is 7.41. The number of hydrogen-bond donors (Lipinski definition) is 1. The van der Waals surface area contributed by atoms with E-state index in [-0.39, 0.29) is 11.9 Å². The van der Waals surface area contributed by atoms with Crippen molar-refractivity contribution >= 4 is 11.9 Å². The fourth-order valence-electron chi connectivity index (χ4n) is 2.96. The van der Waals surface area contributed by atoms with Crippen molar-refractivity contribution in [2.45, 2.75) is 32.2 Å². The number of fused-ring (bicyclic) bond motifs is 2. The average molecular weight is 288 g/mol. The second-order valence-electron chi connectivity index (χ2n) is 6.07. The number of nitrogens with zero attached hydrogens (tertiary/aromatic N) is 1. The molecule has 0 aromatic heterocycles. The molecular weight excluding hydrogens is 268 g/mol. The van der Waals surface area contributed by atoms with Gasteiger partial charge >= 0.3 is 6.03 Å². The fraction of sp³-hybridized carbons (Fsp3) is 0.500. The Bertz CT molecular complexity index is 585. The standard InChI is InChI=1S/C16H20N2O3/c1-11(2)7-9-18-14(19)16(17-15(18)20)8-10-21-13-6-4-3-5-12(13)16/h3-6,11H,7-10H2,1-2H3,(H,17,20). The number of ether oxygens (including phenoxy) is 1. The molecule has 3 rings (SSSR count). The molecule has 1 spiro atoms. The second kappa shape index (κ2) is 5.06. The van der Waals surface area contributed by atoms with Crippen molar-refractivity contribution < 1.29 is 14.3 Å². The number of imide groups is 1. The molecule has 2 aliphatic heterocycles. The van der Waals surface area contributed by atoms with Gasteiger partial charge in [0.15, 0.2) is 5.54 Å². The van der Waals surface area contributed by atoms with Crippen LogP contribution in [0.4, 0.5) is 4.79 Å². The number of hydrogen-bond acceptors (Lipinski definition) is 3. The number of para-hydroxylation sites is 1. The monoisotopic (exact) mass is 288 g/mol. The first kappa shape index (κ1) is 13.9. The Balaban J connectivity index is 1.94. The highest BCUT2D eigenvalue weighted by atomic mass is 16.5. The van der Waals surface area contributed by atoms with E-state index in [0.717, 1.165) is 12.0 Å². The largest absolute Gasteiger partial charge is 0.493 e. The Kier molecular flexibility index (Phi) is 3.35. The summed E-state index contributed by atoms with van der Waals surface area (Å²) in [5.41, 5.74) is -0.176. The zero-order chi connectivity index (χ0) is 15.0. The number of benzene rings is 1. The lowest BCUT2D eigenvalue weighted by Crippen LogP contribution is -2.47. The van der Waals surface area contributed by atoms with Crippen LogP contribution in [0, 0.1) is 5.92 Å². The number of rotatable bonds is 3. The summed E-state index contributed by atoms with van der Waals surface area (Å²) < 4.78 is 5.61. The molecule has 5 nitrogen and oxygen atoms in total. The lowest BCUT2D eigenvalue weighted by Gasteiger charge is -2.33. The third kappa shape index (κ3) is 2.17. The van der Waals surface area contributed by atoms with E-state index in [1.54, 1.807) is 0 Å². The number of carbonyl (C=O) groups is 2. The Morgan fingerprint density at radius 3 is 2.86 bits per heavy atom. The Morgan fingerprint density at radius 2 is 2.10 bits per heavy atom. The molecule has 2 aliphatic rings. The molecule has 3 amide bonds. The lowest BCUT2D eigenvalue weighted by atomic mass is 9.84. The van der Waals surface area contributed by atoms with Crippen LogP contribution in [0.5, 0.6) is 5.75 Å². The summed E-state index contributed by atoms with van der Waals surface area (Å²) in [5.74, 6) is 0.983. The van der Waals surface area contributed by atoms with E-state index in [9.17, 15) is 9.59 Å². The number of carbonyl (C=O) groups excluding carboxylic acids is 2. The molecule has 1 unspecified atom stereocenters. The minimum Gasteiger partial charge on any atom is -0.493 e. The van der Waals surface area contributed by atoms with Crippen molar-refractivity contribution in [2.24, 2.45) is 5.92 Å². The first-order chi connectivity index (χ1) is 10.0. The van der Waals surface area contributed by atoms with Gasteiger partial charge in [0.05, 0.1) is 6.61 Å². The maximum atomic E-state index is 12.9. The lowest BCUT2D eigenvalue weighted by molar-refractivity contribution is -0.132. The van der Waals surface area contributed by atoms with Crippen LogP contribution in [0.3, 0.4) is 0 Å². The van der Waals surface area contributed by atoms with Crippen molar-refractivity contribution in [1.82, 2.24) is 10.2 Å². The fourth-order valence-corrected chi connectivity index (χ4v) is 2.96. The van der Waals surface area contributed by atoms with Crippen LogP contribution in [0.25, 0.3) is 0 Å². The third-order valence-electron chi connectivity index (χ3n) is 4.19. The summed E-state index contributed by atoms with van der Waals surface area (Å²) in [4.78, 5) is 26.4. The van der Waals surface area contributed by atoms with Gasteiger partial charge < -0.3 is 10.1 Å². The smallest absolute Gasteiger partial charge is 0.325 e. The molecule has 1 aromatic rings. The average Bonchev–Trinajstić information content (AvgIpc) is 2.69. The highest BCUT2D eigenvalue weighted by molar-refractivity contribution is 6.07. The predicted octanol–water partition coefficient (Wildman–Crippen LogP) is 2.26. The number of nitrogens with one attached hydrogen (secondary N) is 1. The Morgan fingerprint density at radius 1 is 1.33 bits per heavy atom. The molecule has 1 aromatic carbocycles. The van der Waals surface area contributed by atoms with Crippen LogP contribution in [-0.4, -0.2) is 30.0 Å². The number of amides is 3. The van der Waals surface area contributed by atoms with Crippen molar-refractivity contribution in [3.63, 3.8) is 0 Å². The van der Waals surface area contributed by atoms with Crippen LogP contribution in [-0.2, 0) is 10.3 Å². The summed E-state index contributed by atoms with van der Waals surface area (Å²) in [6.45, 7) is 5.06. The van der Waals surface area contributed by atoms with Crippen LogP contribution in [0.2, 0.25) is 0 Å². The van der Waals surface area contributed by atoms with Gasteiger partial charge in [0, 0.05) is 18.5 Å². The van der Waals surface area contributed by atoms with Gasteiger partial charge in [-0.15, -0.1) is 0 Å². The molecule has 21 heavy (non-hydrogen) atoms. The summed E-state index contributed by atoms with van der Waals surface area (Å²) in [7, 11) is 0. The van der Waals surface area contributed by atoms with Gasteiger partial charge in [-0.25, -0.2) is 4.79 Å².